The van der Waals surface area contributed by atoms with E-state index in [0.717, 1.165) is 11.8 Å². The van der Waals surface area contributed by atoms with E-state index in [1.807, 2.05) is 13.0 Å². The van der Waals surface area contributed by atoms with E-state index in [-0.39, 0.29) is 0 Å². The summed E-state index contributed by atoms with van der Waals surface area (Å²) in [5.41, 5.74) is 1.64. The van der Waals surface area contributed by atoms with Crippen LogP contribution in [0.4, 0.5) is 0 Å². The molecule has 0 heterocycles. The summed E-state index contributed by atoms with van der Waals surface area (Å²) in [6.07, 6.45) is 0.156. The summed E-state index contributed by atoms with van der Waals surface area (Å²) in [6.45, 7) is 1.90. The van der Waals surface area contributed by atoms with Gasteiger partial charge in [0.2, 0.25) is 0 Å². The summed E-state index contributed by atoms with van der Waals surface area (Å²) in [5.74, 6) is 0. The molecule has 5 heteroatoms. The Morgan fingerprint density at radius 1 is 1.40 bits per heavy atom. The highest BCUT2D eigenvalue weighted by Crippen LogP contribution is 2.26. The average Bonchev–Trinajstić information content (AvgIpc) is 2.14. The maximum atomic E-state index is 11.3. The quantitative estimate of drug-likeness (QED) is 0.675. The van der Waals surface area contributed by atoms with Crippen LogP contribution in [0.25, 0.3) is 0 Å². The van der Waals surface area contributed by atoms with Crippen LogP contribution in [0.5, 0.6) is 0 Å². The molecule has 0 amide bonds. The summed E-state index contributed by atoms with van der Waals surface area (Å²) in [4.78, 5) is 0. The predicted molar refractivity (Wildman–Crippen MR) is 68.8 cm³/mol. The van der Waals surface area contributed by atoms with E-state index < -0.39 is 19.2 Å². The summed E-state index contributed by atoms with van der Waals surface area (Å²) in [6, 6.07) is 7.23. The minimum atomic E-state index is -3.23. The molecule has 0 unspecified atom stereocenters. The predicted octanol–water partition coefficient (Wildman–Crippen LogP) is 1.83. The molecule has 1 N–H and O–H groups in total. The molecule has 0 aromatic heterocycles. The number of hydrogen-bond donors (Lipinski definition) is 1. The Morgan fingerprint density at radius 2 is 2.00 bits per heavy atom. The van der Waals surface area contributed by atoms with E-state index >= 15 is 0 Å². The van der Waals surface area contributed by atoms with Crippen molar-refractivity contribution in [2.45, 2.75) is 16.3 Å². The summed E-state index contributed by atoms with van der Waals surface area (Å²) in [5, 5.41) is 9.86. The van der Waals surface area contributed by atoms with Crippen LogP contribution in [0.15, 0.2) is 24.3 Å². The van der Waals surface area contributed by atoms with E-state index in [1.54, 1.807) is 40.8 Å². The number of rotatable bonds is 3. The number of halogens is 1. The first-order chi connectivity index (χ1) is 6.82. The van der Waals surface area contributed by atoms with Crippen LogP contribution in [0.2, 0.25) is 0 Å². The molecule has 0 aliphatic heterocycles. The maximum Gasteiger partial charge on any atom is 0.162 e. The van der Waals surface area contributed by atoms with Gasteiger partial charge in [0.05, 0.1) is 0 Å². The molecule has 1 aromatic carbocycles. The number of alkyl halides is 1. The van der Waals surface area contributed by atoms with Crippen LogP contribution in [-0.4, -0.2) is 23.0 Å². The topological polar surface area (TPSA) is 54.4 Å². The number of hydrogen-bond acceptors (Lipinski definition) is 3. The fraction of sp³-hybridized carbons (Fsp3) is 0.400. The Morgan fingerprint density at radius 3 is 2.47 bits per heavy atom. The number of aryl methyl sites for hydroxylation is 1. The number of benzene rings is 1. The molecule has 0 spiro atoms. The third-order valence-corrected chi connectivity index (χ3v) is 6.57. The minimum Gasteiger partial charge on any atom is -0.386 e. The molecule has 84 valence electrons. The van der Waals surface area contributed by atoms with Crippen molar-refractivity contribution in [3.63, 3.8) is 0 Å². The molecule has 15 heavy (non-hydrogen) atoms. The lowest BCUT2D eigenvalue weighted by Gasteiger charge is -2.16. The van der Waals surface area contributed by atoms with Gasteiger partial charge >= 0.3 is 0 Å². The third-order valence-electron chi connectivity index (χ3n) is 2.04. The third kappa shape index (κ3) is 3.42. The molecule has 0 aliphatic rings. The average molecular weight is 340 g/mol. The second-order valence-corrected chi connectivity index (χ2v) is 7.89. The van der Waals surface area contributed by atoms with E-state index in [2.05, 4.69) is 0 Å². The van der Waals surface area contributed by atoms with E-state index in [0.29, 0.717) is 5.56 Å². The molecule has 0 saturated heterocycles. The van der Waals surface area contributed by atoms with Crippen LogP contribution in [0.1, 0.15) is 17.2 Å². The normalized spacial score (nSPS) is 16.0. The fourth-order valence-electron chi connectivity index (χ4n) is 1.24. The number of sulfone groups is 1. The maximum absolute atomic E-state index is 11.3. The summed E-state index contributed by atoms with van der Waals surface area (Å²) in [7, 11) is -3.23. The second kappa shape index (κ2) is 4.80. The zero-order valence-electron chi connectivity index (χ0n) is 8.51. The van der Waals surface area contributed by atoms with Crippen molar-refractivity contribution in [2.75, 3.05) is 6.26 Å². The Bertz CT molecular complexity index is 442. The number of aliphatic hydroxyl groups is 1. The van der Waals surface area contributed by atoms with Crippen LogP contribution < -0.4 is 0 Å². The standard InChI is InChI=1S/C10H13IO3S/c1-7-4-3-5-8(6-7)9(12)10(11)15(2,13)14/h3-6,9-10,12H,1-2H3/t9-,10-/m1/s1. The highest BCUT2D eigenvalue weighted by Gasteiger charge is 2.26. The van der Waals surface area contributed by atoms with Gasteiger partial charge in [-0.3, -0.25) is 0 Å². The van der Waals surface area contributed by atoms with Gasteiger partial charge in [-0.25, -0.2) is 8.42 Å². The Hall–Kier alpha value is -0.140. The molecule has 1 rings (SSSR count). The van der Waals surface area contributed by atoms with Gasteiger partial charge < -0.3 is 5.11 Å². The molecule has 2 atom stereocenters. The molecular weight excluding hydrogens is 327 g/mol. The molecular formula is C10H13IO3S. The Labute approximate surface area is 104 Å². The fourth-order valence-corrected chi connectivity index (χ4v) is 2.28. The van der Waals surface area contributed by atoms with Crippen LogP contribution in [-0.2, 0) is 9.84 Å². The highest BCUT2D eigenvalue weighted by molar-refractivity contribution is 14.1. The van der Waals surface area contributed by atoms with E-state index in [1.165, 1.54) is 0 Å². The van der Waals surface area contributed by atoms with Gasteiger partial charge in [0.25, 0.3) is 0 Å². The van der Waals surface area contributed by atoms with Gasteiger partial charge in [0.15, 0.2) is 9.84 Å². The summed E-state index contributed by atoms with van der Waals surface area (Å²) < 4.78 is 21.7. The summed E-state index contributed by atoms with van der Waals surface area (Å²) >= 11 is 1.75. The lowest BCUT2D eigenvalue weighted by atomic mass is 10.1. The van der Waals surface area contributed by atoms with Crippen molar-refractivity contribution in [1.82, 2.24) is 0 Å². The van der Waals surface area contributed by atoms with Gasteiger partial charge in [0.1, 0.15) is 9.36 Å². The lowest BCUT2D eigenvalue weighted by molar-refractivity contribution is 0.197. The molecule has 0 bridgehead atoms. The highest BCUT2D eigenvalue weighted by atomic mass is 127. The molecule has 0 fully saturated rings. The van der Waals surface area contributed by atoms with Gasteiger partial charge in [-0.15, -0.1) is 0 Å². The van der Waals surface area contributed by atoms with Crippen molar-refractivity contribution in [3.8, 4) is 0 Å². The van der Waals surface area contributed by atoms with Crippen molar-refractivity contribution in [2.24, 2.45) is 0 Å². The van der Waals surface area contributed by atoms with Crippen molar-refractivity contribution in [1.29, 1.82) is 0 Å². The van der Waals surface area contributed by atoms with E-state index in [9.17, 15) is 13.5 Å². The van der Waals surface area contributed by atoms with Gasteiger partial charge in [-0.05, 0) is 12.5 Å². The zero-order chi connectivity index (χ0) is 11.6. The monoisotopic (exact) mass is 340 g/mol. The van der Waals surface area contributed by atoms with Crippen LogP contribution in [0.3, 0.4) is 0 Å². The zero-order valence-corrected chi connectivity index (χ0v) is 11.5. The minimum absolute atomic E-state index is 0.639. The largest absolute Gasteiger partial charge is 0.386 e. The van der Waals surface area contributed by atoms with Crippen molar-refractivity contribution in [3.05, 3.63) is 35.4 Å². The number of aliphatic hydroxyl groups excluding tert-OH is 1. The van der Waals surface area contributed by atoms with E-state index in [4.69, 9.17) is 0 Å². The Balaban J connectivity index is 3.00. The molecule has 1 aromatic rings. The molecule has 0 saturated carbocycles. The molecule has 3 nitrogen and oxygen atoms in total. The lowest BCUT2D eigenvalue weighted by Crippen LogP contribution is -2.21. The second-order valence-electron chi connectivity index (χ2n) is 3.54. The first-order valence-corrected chi connectivity index (χ1v) is 7.60. The molecule has 0 radical (unpaired) electrons. The smallest absolute Gasteiger partial charge is 0.162 e. The van der Waals surface area contributed by atoms with Crippen molar-refractivity contribution < 1.29 is 13.5 Å². The SMILES string of the molecule is Cc1cccc([C@@H](O)[C@H](I)S(C)(=O)=O)c1. The van der Waals surface area contributed by atoms with Gasteiger partial charge in [0, 0.05) is 6.26 Å². The van der Waals surface area contributed by atoms with Crippen molar-refractivity contribution >= 4 is 32.4 Å². The first kappa shape index (κ1) is 12.9. The van der Waals surface area contributed by atoms with Crippen LogP contribution in [0, 0.1) is 6.92 Å². The first-order valence-electron chi connectivity index (χ1n) is 4.40. The Kier molecular flexibility index (Phi) is 4.13. The van der Waals surface area contributed by atoms with Gasteiger partial charge in [-0.2, -0.15) is 0 Å². The van der Waals surface area contributed by atoms with Crippen LogP contribution >= 0.6 is 22.6 Å². The molecule has 0 aliphatic carbocycles. The van der Waals surface area contributed by atoms with Gasteiger partial charge in [-0.1, -0.05) is 52.4 Å².